The summed E-state index contributed by atoms with van der Waals surface area (Å²) in [5.74, 6) is -0.591. The van der Waals surface area contributed by atoms with Crippen LogP contribution in [-0.2, 0) is 4.79 Å². The van der Waals surface area contributed by atoms with Gasteiger partial charge in [-0.05, 0) is 57.0 Å². The van der Waals surface area contributed by atoms with Crippen LogP contribution < -0.4 is 15.4 Å². The van der Waals surface area contributed by atoms with Crippen LogP contribution in [0.1, 0.15) is 37.0 Å². The molecule has 10 heteroatoms. The molecule has 0 aliphatic carbocycles. The minimum atomic E-state index is -1.27. The topological polar surface area (TPSA) is 87.7 Å². The van der Waals surface area contributed by atoms with Gasteiger partial charge in [0.1, 0.15) is 5.54 Å². The molecule has 3 rings (SSSR count). The number of rotatable bonds is 5. The van der Waals surface area contributed by atoms with E-state index in [1.165, 1.54) is 19.9 Å². The van der Waals surface area contributed by atoms with Gasteiger partial charge >= 0.3 is 6.09 Å². The average molecular weight is 470 g/mol. The van der Waals surface area contributed by atoms with Crippen molar-refractivity contribution in [2.24, 2.45) is 0 Å². The molecule has 2 heterocycles. The van der Waals surface area contributed by atoms with E-state index in [0.29, 0.717) is 20.7 Å². The van der Waals surface area contributed by atoms with Crippen molar-refractivity contribution in [3.63, 3.8) is 0 Å². The number of anilines is 1. The summed E-state index contributed by atoms with van der Waals surface area (Å²) in [6.45, 7) is 4.53. The maximum atomic E-state index is 12.6. The summed E-state index contributed by atoms with van der Waals surface area (Å²) in [6, 6.07) is 7.88. The Morgan fingerprint density at radius 2 is 1.80 bits per heavy atom. The molecule has 1 aliphatic heterocycles. The van der Waals surface area contributed by atoms with E-state index >= 15 is 0 Å². The fourth-order valence-electron chi connectivity index (χ4n) is 2.93. The fraction of sp³-hybridized carbons (Fsp3) is 0.350. The number of halogens is 2. The van der Waals surface area contributed by atoms with Gasteiger partial charge in [0, 0.05) is 18.8 Å². The van der Waals surface area contributed by atoms with Crippen molar-refractivity contribution in [3.8, 4) is 5.06 Å². The van der Waals surface area contributed by atoms with Crippen LogP contribution in [0, 0.1) is 0 Å². The van der Waals surface area contributed by atoms with Crippen LogP contribution in [0.2, 0.25) is 9.36 Å². The molecule has 0 unspecified atom stereocenters. The third-order valence-electron chi connectivity index (χ3n) is 4.57. The Bertz CT molecular complexity index is 971. The minimum Gasteiger partial charge on any atom is -0.399 e. The second-order valence-corrected chi connectivity index (χ2v) is 9.43. The smallest absolute Gasteiger partial charge is 0.399 e. The molecule has 1 aromatic heterocycles. The van der Waals surface area contributed by atoms with E-state index in [1.807, 2.05) is 0 Å². The first-order valence-corrected chi connectivity index (χ1v) is 10.9. The van der Waals surface area contributed by atoms with Gasteiger partial charge in [-0.25, -0.2) is 4.79 Å². The molecule has 1 saturated heterocycles. The largest absolute Gasteiger partial charge is 0.414 e. The Labute approximate surface area is 188 Å². The monoisotopic (exact) mass is 469 g/mol. The predicted molar refractivity (Wildman–Crippen MR) is 118 cm³/mol. The molecule has 0 spiro atoms. The molecule has 0 bridgehead atoms. The van der Waals surface area contributed by atoms with Gasteiger partial charge in [0.2, 0.25) is 5.91 Å². The molecule has 1 aliphatic rings. The molecule has 3 amide bonds. The van der Waals surface area contributed by atoms with Crippen LogP contribution in [0.5, 0.6) is 5.06 Å². The molecular formula is C20H21Cl2N3O4S. The highest BCUT2D eigenvalue weighted by Gasteiger charge is 2.31. The first-order chi connectivity index (χ1) is 14.2. The first kappa shape index (κ1) is 22.4. The zero-order valence-electron chi connectivity index (χ0n) is 16.5. The van der Waals surface area contributed by atoms with E-state index < -0.39 is 17.5 Å². The first-order valence-electron chi connectivity index (χ1n) is 9.31. The number of hydrogen-bond donors (Lipinski definition) is 2. The molecular weight excluding hydrogens is 449 g/mol. The Morgan fingerprint density at radius 1 is 1.10 bits per heavy atom. The van der Waals surface area contributed by atoms with Crippen molar-refractivity contribution in [2.45, 2.75) is 32.2 Å². The normalized spacial score (nSPS) is 13.8. The minimum absolute atomic E-state index is 0.117. The number of carbonyl (C=O) groups excluding carboxylic acids is 3. The second-order valence-electron chi connectivity index (χ2n) is 7.35. The molecule has 160 valence electrons. The summed E-state index contributed by atoms with van der Waals surface area (Å²) in [4.78, 5) is 39.0. The average Bonchev–Trinajstić information content (AvgIpc) is 3.32. The van der Waals surface area contributed by atoms with Crippen molar-refractivity contribution in [2.75, 3.05) is 18.4 Å². The number of nitrogens with zero attached hydrogens (tertiary/aromatic N) is 1. The Kier molecular flexibility index (Phi) is 6.90. The van der Waals surface area contributed by atoms with Crippen molar-refractivity contribution < 1.29 is 19.1 Å². The van der Waals surface area contributed by atoms with E-state index in [4.69, 9.17) is 27.9 Å². The van der Waals surface area contributed by atoms with Crippen molar-refractivity contribution >= 4 is 58.1 Å². The lowest BCUT2D eigenvalue weighted by Crippen LogP contribution is -2.53. The molecule has 0 radical (unpaired) electrons. The zero-order valence-corrected chi connectivity index (χ0v) is 18.8. The summed E-state index contributed by atoms with van der Waals surface area (Å²) in [5.41, 5.74) is -0.460. The van der Waals surface area contributed by atoms with Crippen molar-refractivity contribution in [1.29, 1.82) is 0 Å². The van der Waals surface area contributed by atoms with Gasteiger partial charge in [0.25, 0.3) is 5.91 Å². The van der Waals surface area contributed by atoms with Gasteiger partial charge in [-0.1, -0.05) is 34.5 Å². The predicted octanol–water partition coefficient (Wildman–Crippen LogP) is 4.80. The van der Waals surface area contributed by atoms with Gasteiger partial charge in [0.15, 0.2) is 5.06 Å². The Hall–Kier alpha value is -2.29. The molecule has 1 aromatic carbocycles. The molecule has 0 atom stereocenters. The number of hydrogen-bond acceptors (Lipinski definition) is 5. The van der Waals surface area contributed by atoms with Crippen molar-refractivity contribution in [3.05, 3.63) is 45.3 Å². The van der Waals surface area contributed by atoms with E-state index in [0.717, 1.165) is 37.3 Å². The third-order valence-corrected chi connectivity index (χ3v) is 6.00. The molecule has 30 heavy (non-hydrogen) atoms. The highest BCUT2D eigenvalue weighted by atomic mass is 35.5. The van der Waals surface area contributed by atoms with Gasteiger partial charge in [-0.2, -0.15) is 0 Å². The number of ether oxygens (including phenoxy) is 1. The van der Waals surface area contributed by atoms with Crippen LogP contribution in [0.25, 0.3) is 0 Å². The number of benzene rings is 1. The van der Waals surface area contributed by atoms with Gasteiger partial charge in [-0.15, -0.1) is 0 Å². The maximum absolute atomic E-state index is 12.6. The van der Waals surface area contributed by atoms with Crippen LogP contribution in [-0.4, -0.2) is 41.4 Å². The van der Waals surface area contributed by atoms with Gasteiger partial charge in [0.05, 0.1) is 14.9 Å². The summed E-state index contributed by atoms with van der Waals surface area (Å²) in [6.07, 6.45) is 1.20. The number of likely N-dealkylation sites (tertiary alicyclic amines) is 1. The van der Waals surface area contributed by atoms with E-state index in [2.05, 4.69) is 10.6 Å². The van der Waals surface area contributed by atoms with E-state index in [-0.39, 0.29) is 10.9 Å². The summed E-state index contributed by atoms with van der Waals surface area (Å²) in [7, 11) is 0. The summed E-state index contributed by atoms with van der Waals surface area (Å²) in [5, 5.41) is 5.78. The van der Waals surface area contributed by atoms with E-state index in [1.54, 1.807) is 29.2 Å². The third kappa shape index (κ3) is 5.44. The Morgan fingerprint density at radius 3 is 2.40 bits per heavy atom. The lowest BCUT2D eigenvalue weighted by Gasteiger charge is -2.24. The SMILES string of the molecule is CC(C)(NC(=O)Oc1ccc(Cl)s1)C(=O)Nc1ccc(C(=O)N2CCCC2)c(Cl)c1. The highest BCUT2D eigenvalue weighted by molar-refractivity contribution is 7.17. The number of amides is 3. The Balaban J connectivity index is 1.61. The van der Waals surface area contributed by atoms with E-state index in [9.17, 15) is 14.4 Å². The molecule has 7 nitrogen and oxygen atoms in total. The number of nitrogens with one attached hydrogen (secondary N) is 2. The van der Waals surface area contributed by atoms with Crippen LogP contribution >= 0.6 is 34.5 Å². The molecule has 2 aromatic rings. The second kappa shape index (κ2) is 9.24. The fourth-order valence-corrected chi connectivity index (χ4v) is 4.06. The zero-order chi connectivity index (χ0) is 21.9. The lowest BCUT2D eigenvalue weighted by atomic mass is 10.0. The summed E-state index contributed by atoms with van der Waals surface area (Å²) >= 11 is 13.2. The van der Waals surface area contributed by atoms with Crippen LogP contribution in [0.3, 0.4) is 0 Å². The molecule has 0 saturated carbocycles. The molecule has 2 N–H and O–H groups in total. The lowest BCUT2D eigenvalue weighted by molar-refractivity contribution is -0.121. The maximum Gasteiger partial charge on any atom is 0.414 e. The van der Waals surface area contributed by atoms with Crippen molar-refractivity contribution in [1.82, 2.24) is 10.2 Å². The standard InChI is InChI=1S/C20H21Cl2N3O4S/c1-20(2,24-19(28)29-16-8-7-15(22)30-16)18(27)23-12-5-6-13(14(21)11-12)17(26)25-9-3-4-10-25/h5-8,11H,3-4,9-10H2,1-2H3,(H,23,27)(H,24,28). The summed E-state index contributed by atoms with van der Waals surface area (Å²) < 4.78 is 5.61. The van der Waals surface area contributed by atoms with Gasteiger partial charge in [-0.3, -0.25) is 9.59 Å². The quantitative estimate of drug-likeness (QED) is 0.658. The number of thiophene rings is 1. The molecule has 1 fully saturated rings. The highest BCUT2D eigenvalue weighted by Crippen LogP contribution is 2.28. The number of carbonyl (C=O) groups is 3. The van der Waals surface area contributed by atoms with Crippen LogP contribution in [0.4, 0.5) is 10.5 Å². The van der Waals surface area contributed by atoms with Gasteiger partial charge < -0.3 is 20.3 Å². The van der Waals surface area contributed by atoms with Crippen LogP contribution in [0.15, 0.2) is 30.3 Å².